The van der Waals surface area contributed by atoms with Gasteiger partial charge in [0.2, 0.25) is 11.8 Å². The van der Waals surface area contributed by atoms with Gasteiger partial charge in [0.25, 0.3) is 0 Å². The number of amides is 2. The van der Waals surface area contributed by atoms with Crippen molar-refractivity contribution in [1.82, 2.24) is 4.90 Å². The summed E-state index contributed by atoms with van der Waals surface area (Å²) in [6.45, 7) is -0.612. The second kappa shape index (κ2) is 8.57. The van der Waals surface area contributed by atoms with Gasteiger partial charge in [0, 0.05) is 6.42 Å². The van der Waals surface area contributed by atoms with Gasteiger partial charge in [0.15, 0.2) is 0 Å². The van der Waals surface area contributed by atoms with Crippen molar-refractivity contribution >= 4 is 17.8 Å². The van der Waals surface area contributed by atoms with Gasteiger partial charge >= 0.3 is 5.97 Å². The van der Waals surface area contributed by atoms with Crippen molar-refractivity contribution in [3.63, 3.8) is 0 Å². The SMILES string of the molecule is NC(=O)CN(CC(=O)O)C(=O)CCCOc1ccccc1. The number of carbonyl (C=O) groups excluding carboxylic acids is 2. The largest absolute Gasteiger partial charge is 0.494 e. The molecule has 0 aromatic heterocycles. The van der Waals surface area contributed by atoms with E-state index in [1.165, 1.54) is 0 Å². The maximum absolute atomic E-state index is 11.8. The minimum Gasteiger partial charge on any atom is -0.494 e. The van der Waals surface area contributed by atoms with Crippen LogP contribution in [0.15, 0.2) is 30.3 Å². The van der Waals surface area contributed by atoms with Gasteiger partial charge in [-0.1, -0.05) is 18.2 Å². The van der Waals surface area contributed by atoms with Gasteiger partial charge in [-0.2, -0.15) is 0 Å². The third kappa shape index (κ3) is 6.95. The standard InChI is InChI=1S/C14H18N2O5/c15-12(17)9-16(10-14(19)20)13(18)7-4-8-21-11-5-2-1-3-6-11/h1-3,5-6H,4,7-10H2,(H2,15,17)(H,19,20). The van der Waals surface area contributed by atoms with Crippen molar-refractivity contribution in [2.75, 3.05) is 19.7 Å². The summed E-state index contributed by atoms with van der Waals surface area (Å²) >= 11 is 0. The van der Waals surface area contributed by atoms with Crippen LogP contribution in [0.3, 0.4) is 0 Å². The first-order chi connectivity index (χ1) is 9.99. The monoisotopic (exact) mass is 294 g/mol. The van der Waals surface area contributed by atoms with Crippen LogP contribution in [0.5, 0.6) is 5.75 Å². The lowest BCUT2D eigenvalue weighted by molar-refractivity contribution is -0.145. The molecule has 0 spiro atoms. The number of carbonyl (C=O) groups is 3. The van der Waals surface area contributed by atoms with Gasteiger partial charge in [-0.05, 0) is 18.6 Å². The molecule has 0 fully saturated rings. The molecule has 114 valence electrons. The maximum atomic E-state index is 11.8. The number of primary amides is 1. The van der Waals surface area contributed by atoms with Crippen molar-refractivity contribution in [3.05, 3.63) is 30.3 Å². The Hall–Kier alpha value is -2.57. The summed E-state index contributed by atoms with van der Waals surface area (Å²) in [5, 5.41) is 8.70. The summed E-state index contributed by atoms with van der Waals surface area (Å²) in [7, 11) is 0. The molecule has 1 rings (SSSR count). The Balaban J connectivity index is 2.35. The van der Waals surface area contributed by atoms with E-state index in [1.807, 2.05) is 18.2 Å². The van der Waals surface area contributed by atoms with Crippen molar-refractivity contribution in [3.8, 4) is 5.75 Å². The average molecular weight is 294 g/mol. The molecule has 0 saturated carbocycles. The fraction of sp³-hybridized carbons (Fsp3) is 0.357. The Morgan fingerprint density at radius 2 is 1.81 bits per heavy atom. The fourth-order valence-electron chi connectivity index (χ4n) is 1.67. The van der Waals surface area contributed by atoms with E-state index < -0.39 is 30.9 Å². The average Bonchev–Trinajstić information content (AvgIpc) is 2.43. The number of nitrogens with zero attached hydrogens (tertiary/aromatic N) is 1. The summed E-state index contributed by atoms with van der Waals surface area (Å²) in [5.41, 5.74) is 4.99. The van der Waals surface area contributed by atoms with Crippen LogP contribution in [0.4, 0.5) is 0 Å². The predicted octanol–water partition coefficient (Wildman–Crippen LogP) is 0.244. The van der Waals surface area contributed by atoms with Crippen LogP contribution in [-0.4, -0.2) is 47.5 Å². The van der Waals surface area contributed by atoms with E-state index in [-0.39, 0.29) is 6.42 Å². The molecule has 1 aromatic rings. The Kier molecular flexibility index (Phi) is 6.73. The molecule has 0 heterocycles. The highest BCUT2D eigenvalue weighted by Crippen LogP contribution is 2.09. The van der Waals surface area contributed by atoms with Crippen LogP contribution in [0.25, 0.3) is 0 Å². The van der Waals surface area contributed by atoms with Crippen molar-refractivity contribution in [2.45, 2.75) is 12.8 Å². The smallest absolute Gasteiger partial charge is 0.323 e. The van der Waals surface area contributed by atoms with Crippen molar-refractivity contribution in [1.29, 1.82) is 0 Å². The van der Waals surface area contributed by atoms with Gasteiger partial charge in [-0.3, -0.25) is 14.4 Å². The highest BCUT2D eigenvalue weighted by atomic mass is 16.5. The highest BCUT2D eigenvalue weighted by Gasteiger charge is 2.18. The molecular weight excluding hydrogens is 276 g/mol. The van der Waals surface area contributed by atoms with Crippen molar-refractivity contribution in [2.24, 2.45) is 5.73 Å². The lowest BCUT2D eigenvalue weighted by Crippen LogP contribution is -2.41. The molecule has 0 atom stereocenters. The first-order valence-corrected chi connectivity index (χ1v) is 6.44. The van der Waals surface area contributed by atoms with E-state index in [9.17, 15) is 14.4 Å². The van der Waals surface area contributed by atoms with Crippen LogP contribution in [-0.2, 0) is 14.4 Å². The van der Waals surface area contributed by atoms with Crippen LogP contribution < -0.4 is 10.5 Å². The summed E-state index contributed by atoms with van der Waals surface area (Å²) in [6, 6.07) is 9.13. The Morgan fingerprint density at radius 3 is 2.38 bits per heavy atom. The number of carboxylic acid groups (broad SMARTS) is 1. The molecule has 0 aliphatic heterocycles. The number of aliphatic carboxylic acids is 1. The van der Waals surface area contributed by atoms with Crippen LogP contribution in [0, 0.1) is 0 Å². The number of benzene rings is 1. The minimum atomic E-state index is -1.19. The zero-order valence-corrected chi connectivity index (χ0v) is 11.5. The molecule has 0 saturated heterocycles. The van der Waals surface area contributed by atoms with E-state index >= 15 is 0 Å². The molecule has 3 N–H and O–H groups in total. The van der Waals surface area contributed by atoms with Gasteiger partial charge < -0.3 is 20.5 Å². The zero-order valence-electron chi connectivity index (χ0n) is 11.5. The Labute approximate surface area is 122 Å². The fourth-order valence-corrected chi connectivity index (χ4v) is 1.67. The topological polar surface area (TPSA) is 110 Å². The first-order valence-electron chi connectivity index (χ1n) is 6.44. The van der Waals surface area contributed by atoms with E-state index in [2.05, 4.69) is 0 Å². The molecule has 0 aliphatic carbocycles. The third-order valence-electron chi connectivity index (χ3n) is 2.57. The molecule has 21 heavy (non-hydrogen) atoms. The van der Waals surface area contributed by atoms with Gasteiger partial charge in [0.05, 0.1) is 13.2 Å². The molecular formula is C14H18N2O5. The second-order valence-electron chi connectivity index (χ2n) is 4.37. The summed E-state index contributed by atoms with van der Waals surface area (Å²) in [6.07, 6.45) is 0.510. The lowest BCUT2D eigenvalue weighted by atomic mass is 10.2. The minimum absolute atomic E-state index is 0.0907. The number of hydrogen-bond donors (Lipinski definition) is 2. The normalized spacial score (nSPS) is 9.90. The molecule has 7 heteroatoms. The quantitative estimate of drug-likeness (QED) is 0.634. The van der Waals surface area contributed by atoms with Crippen LogP contribution in [0.2, 0.25) is 0 Å². The van der Waals surface area contributed by atoms with Gasteiger partial charge in [0.1, 0.15) is 12.3 Å². The number of nitrogens with two attached hydrogens (primary N) is 1. The molecule has 2 amide bonds. The molecule has 0 bridgehead atoms. The van der Waals surface area contributed by atoms with Gasteiger partial charge in [-0.15, -0.1) is 0 Å². The lowest BCUT2D eigenvalue weighted by Gasteiger charge is -2.18. The third-order valence-corrected chi connectivity index (χ3v) is 2.57. The second-order valence-corrected chi connectivity index (χ2v) is 4.37. The molecule has 0 radical (unpaired) electrons. The number of carboxylic acids is 1. The number of rotatable bonds is 9. The first kappa shape index (κ1) is 16.5. The van der Waals surface area contributed by atoms with Crippen molar-refractivity contribution < 1.29 is 24.2 Å². The molecule has 1 aromatic carbocycles. The Morgan fingerprint density at radius 1 is 1.14 bits per heavy atom. The van der Waals surface area contributed by atoms with E-state index in [4.69, 9.17) is 15.6 Å². The van der Waals surface area contributed by atoms with Crippen LogP contribution >= 0.6 is 0 Å². The maximum Gasteiger partial charge on any atom is 0.323 e. The Bertz CT molecular complexity index is 473. The van der Waals surface area contributed by atoms with E-state index in [0.29, 0.717) is 18.8 Å². The summed E-state index contributed by atoms with van der Waals surface area (Å²) in [4.78, 5) is 34.2. The molecule has 0 unspecified atom stereocenters. The predicted molar refractivity (Wildman–Crippen MR) is 74.6 cm³/mol. The zero-order chi connectivity index (χ0) is 15.7. The molecule has 7 nitrogen and oxygen atoms in total. The van der Waals surface area contributed by atoms with E-state index in [0.717, 1.165) is 4.90 Å². The summed E-state index contributed by atoms with van der Waals surface area (Å²) in [5.74, 6) is -1.67. The molecule has 0 aliphatic rings. The number of para-hydroxylation sites is 1. The van der Waals surface area contributed by atoms with Crippen LogP contribution in [0.1, 0.15) is 12.8 Å². The number of hydrogen-bond acceptors (Lipinski definition) is 4. The highest BCUT2D eigenvalue weighted by molar-refractivity contribution is 5.86. The van der Waals surface area contributed by atoms with Gasteiger partial charge in [-0.25, -0.2) is 0 Å². The van der Waals surface area contributed by atoms with E-state index in [1.54, 1.807) is 12.1 Å². The number of ether oxygens (including phenoxy) is 1. The summed E-state index contributed by atoms with van der Waals surface area (Å²) < 4.78 is 5.42.